The van der Waals surface area contributed by atoms with Gasteiger partial charge in [0.2, 0.25) is 0 Å². The van der Waals surface area contributed by atoms with Crippen molar-refractivity contribution < 1.29 is 5.11 Å². The van der Waals surface area contributed by atoms with Crippen molar-refractivity contribution in [3.63, 3.8) is 0 Å². The normalized spacial score (nSPS) is 14.8. The number of hydrogen-bond donors (Lipinski definition) is 3. The highest BCUT2D eigenvalue weighted by atomic mass is 16.3. The molecule has 1 fully saturated rings. The summed E-state index contributed by atoms with van der Waals surface area (Å²) in [7, 11) is 0. The van der Waals surface area contributed by atoms with Gasteiger partial charge in [-0.3, -0.25) is 10.1 Å². The molecule has 37 heavy (non-hydrogen) atoms. The lowest BCUT2D eigenvalue weighted by Gasteiger charge is -2.26. The van der Waals surface area contributed by atoms with Gasteiger partial charge in [-0.15, -0.1) is 0 Å². The number of nitrogens with one attached hydrogen (secondary N) is 2. The minimum atomic E-state index is 0.0592. The highest BCUT2D eigenvalue weighted by Crippen LogP contribution is 2.38. The molecule has 1 aliphatic carbocycles. The Hall–Kier alpha value is -3.87. The van der Waals surface area contributed by atoms with Crippen LogP contribution in [0.3, 0.4) is 0 Å². The molecule has 3 N–H and O–H groups in total. The van der Waals surface area contributed by atoms with Gasteiger partial charge in [0.25, 0.3) is 0 Å². The van der Waals surface area contributed by atoms with Gasteiger partial charge in [0, 0.05) is 59.6 Å². The zero-order valence-electron chi connectivity index (χ0n) is 20.8. The van der Waals surface area contributed by atoms with E-state index >= 15 is 0 Å². The summed E-state index contributed by atoms with van der Waals surface area (Å²) >= 11 is 0. The van der Waals surface area contributed by atoms with Crippen LogP contribution in [0.4, 0.5) is 0 Å². The zero-order valence-corrected chi connectivity index (χ0v) is 20.8. The molecule has 0 aliphatic heterocycles. The lowest BCUT2D eigenvalue weighted by Crippen LogP contribution is -2.34. The molecule has 5 aromatic rings. The maximum Gasteiger partial charge on any atom is 0.0827 e. The number of aliphatic hydroxyl groups excluding tert-OH is 1. The standard InChI is InChI=1S/C31H31N5O/c37-21-31(13-4-5-14-31)20-32-17-22-8-10-24(11-9-22)30-26(23-6-2-1-3-7-23)16-27-28(36-30)12-15-33-29(27)25-18-34-35-19-25/h1-3,6-12,15-16,18-19,32,37H,4-5,13-14,17,20-21H2,(H,34,35). The molecule has 1 saturated carbocycles. The van der Waals surface area contributed by atoms with E-state index in [0.29, 0.717) is 0 Å². The number of pyridine rings is 2. The van der Waals surface area contributed by atoms with E-state index < -0.39 is 0 Å². The summed E-state index contributed by atoms with van der Waals surface area (Å²) in [5.74, 6) is 0. The number of aromatic amines is 1. The number of aliphatic hydroxyl groups is 1. The Bertz CT molecular complexity index is 1470. The van der Waals surface area contributed by atoms with Gasteiger partial charge < -0.3 is 10.4 Å². The van der Waals surface area contributed by atoms with Crippen molar-refractivity contribution in [1.82, 2.24) is 25.5 Å². The van der Waals surface area contributed by atoms with E-state index in [1.807, 2.05) is 24.5 Å². The van der Waals surface area contributed by atoms with Crippen molar-refractivity contribution in [2.45, 2.75) is 32.2 Å². The van der Waals surface area contributed by atoms with Crippen LogP contribution in [0.2, 0.25) is 0 Å². The minimum absolute atomic E-state index is 0.0592. The topological polar surface area (TPSA) is 86.7 Å². The fourth-order valence-electron chi connectivity index (χ4n) is 5.53. The molecule has 1 aliphatic rings. The van der Waals surface area contributed by atoms with Gasteiger partial charge in [-0.1, -0.05) is 67.4 Å². The molecule has 0 unspecified atom stereocenters. The Kier molecular flexibility index (Phi) is 6.51. The third-order valence-electron chi connectivity index (χ3n) is 7.66. The number of hydrogen-bond acceptors (Lipinski definition) is 5. The van der Waals surface area contributed by atoms with Crippen molar-refractivity contribution in [2.75, 3.05) is 13.2 Å². The fraction of sp³-hybridized carbons (Fsp3) is 0.258. The summed E-state index contributed by atoms with van der Waals surface area (Å²) in [4.78, 5) is 9.79. The van der Waals surface area contributed by atoms with Crippen molar-refractivity contribution in [3.05, 3.63) is 90.9 Å². The van der Waals surface area contributed by atoms with E-state index in [0.717, 1.165) is 70.5 Å². The first-order valence-corrected chi connectivity index (χ1v) is 13.0. The molecule has 0 atom stereocenters. The Labute approximate surface area is 216 Å². The van der Waals surface area contributed by atoms with Gasteiger partial charge in [0.1, 0.15) is 0 Å². The molecule has 3 aromatic heterocycles. The predicted octanol–water partition coefficient (Wildman–Crippen LogP) is 6.00. The fourth-order valence-corrected chi connectivity index (χ4v) is 5.53. The van der Waals surface area contributed by atoms with Gasteiger partial charge in [-0.2, -0.15) is 5.10 Å². The van der Waals surface area contributed by atoms with Crippen LogP contribution in [0.25, 0.3) is 44.5 Å². The number of fused-ring (bicyclic) bond motifs is 1. The third kappa shape index (κ3) is 4.78. The molecule has 0 radical (unpaired) electrons. The van der Waals surface area contributed by atoms with Crippen LogP contribution in [0.15, 0.2) is 85.3 Å². The minimum Gasteiger partial charge on any atom is -0.396 e. The molecule has 0 saturated heterocycles. The Morgan fingerprint density at radius 1 is 0.892 bits per heavy atom. The second-order valence-corrected chi connectivity index (χ2v) is 10.1. The predicted molar refractivity (Wildman–Crippen MR) is 148 cm³/mol. The first kappa shape index (κ1) is 23.5. The van der Waals surface area contributed by atoms with Crippen LogP contribution in [0, 0.1) is 5.41 Å². The summed E-state index contributed by atoms with van der Waals surface area (Å²) in [5, 5.41) is 21.5. The van der Waals surface area contributed by atoms with E-state index in [2.05, 4.69) is 75.1 Å². The quantitative estimate of drug-likeness (QED) is 0.249. The van der Waals surface area contributed by atoms with Gasteiger partial charge in [-0.25, -0.2) is 4.98 Å². The van der Waals surface area contributed by atoms with Crippen LogP contribution in [0.1, 0.15) is 31.2 Å². The summed E-state index contributed by atoms with van der Waals surface area (Å²) in [6.45, 7) is 1.92. The zero-order chi connectivity index (χ0) is 25.1. The second kappa shape index (κ2) is 10.2. The molecule has 6 nitrogen and oxygen atoms in total. The van der Waals surface area contributed by atoms with Gasteiger partial charge in [-0.05, 0) is 36.1 Å². The first-order chi connectivity index (χ1) is 18.2. The summed E-state index contributed by atoms with van der Waals surface area (Å²) in [6, 6.07) is 23.2. The average molecular weight is 490 g/mol. The van der Waals surface area contributed by atoms with Crippen molar-refractivity contribution >= 4 is 10.9 Å². The van der Waals surface area contributed by atoms with E-state index in [1.165, 1.54) is 18.4 Å². The Morgan fingerprint density at radius 2 is 1.70 bits per heavy atom. The van der Waals surface area contributed by atoms with Crippen molar-refractivity contribution in [3.8, 4) is 33.6 Å². The van der Waals surface area contributed by atoms with Crippen molar-refractivity contribution in [2.24, 2.45) is 5.41 Å². The molecule has 186 valence electrons. The Balaban J connectivity index is 1.33. The molecule has 0 spiro atoms. The van der Waals surface area contributed by atoms with E-state index in [4.69, 9.17) is 4.98 Å². The molecule has 6 rings (SSSR count). The highest BCUT2D eigenvalue weighted by molar-refractivity contribution is 5.98. The number of benzene rings is 2. The smallest absolute Gasteiger partial charge is 0.0827 e. The lowest BCUT2D eigenvalue weighted by atomic mass is 9.87. The summed E-state index contributed by atoms with van der Waals surface area (Å²) < 4.78 is 0. The maximum atomic E-state index is 9.89. The number of nitrogens with zero attached hydrogens (tertiary/aromatic N) is 3. The average Bonchev–Trinajstić information content (AvgIpc) is 3.66. The van der Waals surface area contributed by atoms with Crippen LogP contribution >= 0.6 is 0 Å². The molecule has 2 aromatic carbocycles. The van der Waals surface area contributed by atoms with E-state index in [9.17, 15) is 5.11 Å². The molecule has 0 amide bonds. The monoisotopic (exact) mass is 489 g/mol. The molecule has 3 heterocycles. The number of H-pyrrole nitrogens is 1. The molecular weight excluding hydrogens is 458 g/mol. The Morgan fingerprint density at radius 3 is 2.43 bits per heavy atom. The molecule has 0 bridgehead atoms. The molecular formula is C31H31N5O. The van der Waals surface area contributed by atoms with E-state index in [-0.39, 0.29) is 12.0 Å². The highest BCUT2D eigenvalue weighted by Gasteiger charge is 2.32. The van der Waals surface area contributed by atoms with Crippen LogP contribution in [0.5, 0.6) is 0 Å². The van der Waals surface area contributed by atoms with Crippen LogP contribution in [-0.2, 0) is 6.54 Å². The van der Waals surface area contributed by atoms with Crippen LogP contribution < -0.4 is 5.32 Å². The van der Waals surface area contributed by atoms with Gasteiger partial charge >= 0.3 is 0 Å². The third-order valence-corrected chi connectivity index (χ3v) is 7.66. The number of aromatic nitrogens is 4. The SMILES string of the molecule is OCC1(CNCc2ccc(-c3nc4ccnc(-c5cn[nH]c5)c4cc3-c3ccccc3)cc2)CCCC1. The lowest BCUT2D eigenvalue weighted by molar-refractivity contribution is 0.128. The first-order valence-electron chi connectivity index (χ1n) is 13.0. The summed E-state index contributed by atoms with van der Waals surface area (Å²) in [6.07, 6.45) is 10.1. The molecule has 6 heteroatoms. The second-order valence-electron chi connectivity index (χ2n) is 10.1. The van der Waals surface area contributed by atoms with Gasteiger partial charge in [0.15, 0.2) is 0 Å². The maximum absolute atomic E-state index is 9.89. The van der Waals surface area contributed by atoms with Crippen LogP contribution in [-0.4, -0.2) is 38.4 Å². The largest absolute Gasteiger partial charge is 0.396 e. The van der Waals surface area contributed by atoms with Gasteiger partial charge in [0.05, 0.1) is 23.1 Å². The number of rotatable bonds is 8. The van der Waals surface area contributed by atoms with Crippen molar-refractivity contribution in [1.29, 1.82) is 0 Å². The van der Waals surface area contributed by atoms with E-state index in [1.54, 1.807) is 6.20 Å². The summed E-state index contributed by atoms with van der Waals surface area (Å²) in [5.41, 5.74) is 8.21.